The molecule has 0 amide bonds. The normalized spacial score (nSPS) is 21.9. The minimum atomic E-state index is -0.109. The van der Waals surface area contributed by atoms with Crippen molar-refractivity contribution in [1.82, 2.24) is 4.57 Å². The second kappa shape index (κ2) is 4.20. The molecule has 2 aromatic carbocycles. The topological polar surface area (TPSA) is 80.6 Å². The van der Waals surface area contributed by atoms with Crippen LogP contribution in [0.2, 0.25) is 0 Å². The zero-order valence-electron chi connectivity index (χ0n) is 12.4. The van der Waals surface area contributed by atoms with Gasteiger partial charge in [-0.25, -0.2) is 0 Å². The molecule has 0 unspecified atom stereocenters. The number of nitrogens with two attached hydrogens (primary N) is 1. The first-order chi connectivity index (χ1) is 11.2. The van der Waals surface area contributed by atoms with Gasteiger partial charge in [0, 0.05) is 16.5 Å². The predicted molar refractivity (Wildman–Crippen MR) is 86.8 cm³/mol. The van der Waals surface area contributed by atoms with Gasteiger partial charge in [-0.15, -0.1) is 0 Å². The Kier molecular flexibility index (Phi) is 2.35. The Morgan fingerprint density at radius 3 is 2.22 bits per heavy atom. The molecular formula is C18H16N2O3. The zero-order chi connectivity index (χ0) is 15.7. The van der Waals surface area contributed by atoms with Crippen molar-refractivity contribution in [2.75, 3.05) is 5.73 Å². The molecule has 5 heteroatoms. The summed E-state index contributed by atoms with van der Waals surface area (Å²) in [5.74, 6) is 0.138. The van der Waals surface area contributed by atoms with Gasteiger partial charge in [0.05, 0.1) is 29.0 Å². The Labute approximate surface area is 132 Å². The van der Waals surface area contributed by atoms with Crippen molar-refractivity contribution in [3.8, 4) is 17.4 Å². The van der Waals surface area contributed by atoms with Crippen LogP contribution in [0.25, 0.3) is 16.5 Å². The molecule has 0 aliphatic carbocycles. The van der Waals surface area contributed by atoms with Crippen molar-refractivity contribution in [3.05, 3.63) is 47.5 Å². The third-order valence-electron chi connectivity index (χ3n) is 5.03. The summed E-state index contributed by atoms with van der Waals surface area (Å²) in [4.78, 5) is 0. The van der Waals surface area contributed by atoms with E-state index in [9.17, 15) is 10.2 Å². The molecule has 23 heavy (non-hydrogen) atoms. The van der Waals surface area contributed by atoms with Crippen LogP contribution in [-0.2, 0) is 4.74 Å². The minimum absolute atomic E-state index is 0.0691. The molecule has 1 aromatic heterocycles. The molecule has 5 nitrogen and oxygen atoms in total. The Balaban J connectivity index is 1.84. The lowest BCUT2D eigenvalue weighted by molar-refractivity contribution is 0.0683. The van der Waals surface area contributed by atoms with Gasteiger partial charge in [-0.1, -0.05) is 24.3 Å². The number of hydrogen-bond acceptors (Lipinski definition) is 4. The summed E-state index contributed by atoms with van der Waals surface area (Å²) >= 11 is 0. The van der Waals surface area contributed by atoms with Crippen LogP contribution < -0.4 is 5.73 Å². The average Bonchev–Trinajstić information content (AvgIpc) is 3.22. The summed E-state index contributed by atoms with van der Waals surface area (Å²) in [6.07, 6.45) is 1.55. The molecule has 0 saturated carbocycles. The number of benzene rings is 2. The van der Waals surface area contributed by atoms with Crippen LogP contribution in [0.4, 0.5) is 5.69 Å². The van der Waals surface area contributed by atoms with Gasteiger partial charge in [0.15, 0.2) is 0 Å². The lowest BCUT2D eigenvalue weighted by atomic mass is 9.95. The Morgan fingerprint density at radius 1 is 0.913 bits per heavy atom. The van der Waals surface area contributed by atoms with Gasteiger partial charge in [-0.05, 0) is 25.0 Å². The van der Waals surface area contributed by atoms with E-state index in [2.05, 4.69) is 0 Å². The summed E-state index contributed by atoms with van der Waals surface area (Å²) < 4.78 is 7.30. The molecule has 3 heterocycles. The van der Waals surface area contributed by atoms with Crippen molar-refractivity contribution < 1.29 is 14.9 Å². The molecule has 2 atom stereocenters. The maximum atomic E-state index is 10.7. The fraction of sp³-hybridized carbons (Fsp3) is 0.222. The number of rotatable bonds is 1. The summed E-state index contributed by atoms with van der Waals surface area (Å²) in [7, 11) is 0. The second-order valence-corrected chi connectivity index (χ2v) is 6.22. The van der Waals surface area contributed by atoms with Gasteiger partial charge in [-0.2, -0.15) is 0 Å². The number of aromatic hydroxyl groups is 2. The maximum Gasteiger partial charge on any atom is 0.205 e. The monoisotopic (exact) mass is 308 g/mol. The van der Waals surface area contributed by atoms with Crippen molar-refractivity contribution in [2.45, 2.75) is 25.0 Å². The molecule has 4 N–H and O–H groups in total. The smallest absolute Gasteiger partial charge is 0.205 e. The van der Waals surface area contributed by atoms with Crippen molar-refractivity contribution >= 4 is 16.5 Å². The highest BCUT2D eigenvalue weighted by Gasteiger charge is 2.45. The molecular weight excluding hydrogens is 292 g/mol. The number of aromatic nitrogens is 1. The summed E-state index contributed by atoms with van der Waals surface area (Å²) in [6, 6.07) is 11.3. The third kappa shape index (κ3) is 1.50. The summed E-state index contributed by atoms with van der Waals surface area (Å²) in [5, 5.41) is 23.2. The van der Waals surface area contributed by atoms with E-state index in [1.807, 2.05) is 36.4 Å². The second-order valence-electron chi connectivity index (χ2n) is 6.22. The number of anilines is 1. The maximum absolute atomic E-state index is 10.7. The minimum Gasteiger partial charge on any atom is -0.494 e. The number of ether oxygens (including phenoxy) is 1. The quantitative estimate of drug-likeness (QED) is 0.601. The van der Waals surface area contributed by atoms with E-state index in [0.29, 0.717) is 5.69 Å². The molecule has 2 bridgehead atoms. The van der Waals surface area contributed by atoms with E-state index in [4.69, 9.17) is 10.5 Å². The zero-order valence-corrected chi connectivity index (χ0v) is 12.4. The molecule has 1 saturated heterocycles. The van der Waals surface area contributed by atoms with Crippen LogP contribution in [0.15, 0.2) is 36.4 Å². The first-order valence-corrected chi connectivity index (χ1v) is 7.76. The lowest BCUT2D eigenvalue weighted by Gasteiger charge is -2.13. The van der Waals surface area contributed by atoms with Gasteiger partial charge < -0.3 is 20.7 Å². The van der Waals surface area contributed by atoms with E-state index in [0.717, 1.165) is 40.4 Å². The van der Waals surface area contributed by atoms with E-state index in [1.54, 1.807) is 0 Å². The lowest BCUT2D eigenvalue weighted by Crippen LogP contribution is -1.98. The number of nitrogen functional groups attached to an aromatic ring is 1. The fourth-order valence-electron chi connectivity index (χ4n) is 4.02. The van der Waals surface area contributed by atoms with Crippen molar-refractivity contribution in [1.29, 1.82) is 0 Å². The van der Waals surface area contributed by atoms with Crippen LogP contribution in [-0.4, -0.2) is 14.8 Å². The number of fused-ring (bicyclic) bond motifs is 6. The fourth-order valence-corrected chi connectivity index (χ4v) is 4.02. The van der Waals surface area contributed by atoms with Crippen LogP contribution >= 0.6 is 0 Å². The molecule has 1 fully saturated rings. The molecule has 2 aliphatic heterocycles. The number of nitrogens with zero attached hydrogens (tertiary/aromatic N) is 1. The largest absolute Gasteiger partial charge is 0.494 e. The molecule has 5 rings (SSSR count). The predicted octanol–water partition coefficient (Wildman–Crippen LogP) is 3.53. The van der Waals surface area contributed by atoms with Crippen LogP contribution in [0.3, 0.4) is 0 Å². The molecule has 0 spiro atoms. The Bertz CT molecular complexity index is 927. The molecule has 2 aliphatic rings. The Hall–Kier alpha value is -2.66. The highest BCUT2D eigenvalue weighted by atomic mass is 16.5. The van der Waals surface area contributed by atoms with E-state index >= 15 is 0 Å². The highest BCUT2D eigenvalue weighted by molar-refractivity contribution is 5.98. The van der Waals surface area contributed by atoms with Crippen molar-refractivity contribution in [3.63, 3.8) is 0 Å². The van der Waals surface area contributed by atoms with E-state index in [-0.39, 0.29) is 24.0 Å². The van der Waals surface area contributed by atoms with Crippen LogP contribution in [0.5, 0.6) is 11.8 Å². The van der Waals surface area contributed by atoms with E-state index < -0.39 is 0 Å². The highest BCUT2D eigenvalue weighted by Crippen LogP contribution is 2.58. The van der Waals surface area contributed by atoms with Gasteiger partial charge in [0.2, 0.25) is 11.8 Å². The van der Waals surface area contributed by atoms with Crippen LogP contribution in [0.1, 0.15) is 36.2 Å². The van der Waals surface area contributed by atoms with Gasteiger partial charge in [0.25, 0.3) is 0 Å². The van der Waals surface area contributed by atoms with E-state index in [1.165, 1.54) is 4.57 Å². The molecule has 116 valence electrons. The van der Waals surface area contributed by atoms with Gasteiger partial charge in [0.1, 0.15) is 0 Å². The van der Waals surface area contributed by atoms with Gasteiger partial charge >= 0.3 is 0 Å². The van der Waals surface area contributed by atoms with Crippen molar-refractivity contribution in [2.24, 2.45) is 0 Å². The number of hydrogen-bond donors (Lipinski definition) is 3. The molecule has 3 aromatic rings. The molecule has 0 radical (unpaired) electrons. The van der Waals surface area contributed by atoms with Gasteiger partial charge in [-0.3, -0.25) is 4.57 Å². The first-order valence-electron chi connectivity index (χ1n) is 7.76. The standard InChI is InChI=1S/C18H16N2O3/c19-11-5-1-4-10-9(11)3-2-6-12(10)20-17(21)15-13-7-8-14(23-13)16(15)18(20)22/h1-6,13-14,21-22H,7-8,19H2/t13-,14+. The third-order valence-corrected chi connectivity index (χ3v) is 5.03. The SMILES string of the molecule is Nc1cccc2c(-n3c(O)c4c(c3O)[C@H]3CC[C@@H]4O3)cccc12. The average molecular weight is 308 g/mol. The Morgan fingerprint density at radius 2 is 1.52 bits per heavy atom. The first kappa shape index (κ1) is 12.8. The summed E-state index contributed by atoms with van der Waals surface area (Å²) in [5.41, 5.74) is 8.92. The summed E-state index contributed by atoms with van der Waals surface area (Å²) in [6.45, 7) is 0. The van der Waals surface area contributed by atoms with Crippen LogP contribution in [0, 0.1) is 0 Å².